The minimum atomic E-state index is -0.369. The third-order valence-corrected chi connectivity index (χ3v) is 4.98. The molecule has 3 nitrogen and oxygen atoms in total. The molecule has 1 heterocycles. The van der Waals surface area contributed by atoms with Gasteiger partial charge < -0.3 is 11.1 Å². The predicted molar refractivity (Wildman–Crippen MR) is 83.3 cm³/mol. The van der Waals surface area contributed by atoms with Crippen LogP contribution < -0.4 is 11.1 Å². The van der Waals surface area contributed by atoms with Crippen LogP contribution in [0.25, 0.3) is 0 Å². The summed E-state index contributed by atoms with van der Waals surface area (Å²) in [6, 6.07) is 8.23. The molecule has 0 saturated carbocycles. The molecule has 0 spiro atoms. The third-order valence-electron chi connectivity index (χ3n) is 3.98. The average molecular weight is 286 g/mol. The van der Waals surface area contributed by atoms with Crippen LogP contribution in [0, 0.1) is 6.92 Å². The summed E-state index contributed by atoms with van der Waals surface area (Å²) in [5, 5.41) is 5.75. The number of primary amides is 1. The first-order valence-corrected chi connectivity index (χ1v) is 7.77. The van der Waals surface area contributed by atoms with Crippen LogP contribution >= 0.6 is 11.3 Å². The maximum atomic E-state index is 11.4. The molecule has 2 aromatic rings. The fourth-order valence-corrected chi connectivity index (χ4v) is 3.87. The van der Waals surface area contributed by atoms with Crippen LogP contribution in [-0.4, -0.2) is 5.91 Å². The van der Waals surface area contributed by atoms with E-state index in [9.17, 15) is 4.79 Å². The van der Waals surface area contributed by atoms with Crippen LogP contribution in [0.15, 0.2) is 29.6 Å². The van der Waals surface area contributed by atoms with E-state index < -0.39 is 0 Å². The lowest BCUT2D eigenvalue weighted by Gasteiger charge is -2.26. The van der Waals surface area contributed by atoms with Crippen LogP contribution in [-0.2, 0) is 6.42 Å². The van der Waals surface area contributed by atoms with Crippen molar-refractivity contribution in [3.63, 3.8) is 0 Å². The Morgan fingerprint density at radius 1 is 1.40 bits per heavy atom. The van der Waals surface area contributed by atoms with E-state index in [4.69, 9.17) is 5.73 Å². The molecule has 20 heavy (non-hydrogen) atoms. The molecule has 1 aromatic carbocycles. The van der Waals surface area contributed by atoms with Crippen LogP contribution in [0.1, 0.15) is 45.2 Å². The van der Waals surface area contributed by atoms with Crippen molar-refractivity contribution in [1.29, 1.82) is 0 Å². The van der Waals surface area contributed by atoms with Crippen molar-refractivity contribution in [2.75, 3.05) is 5.32 Å². The fourth-order valence-electron chi connectivity index (χ4n) is 2.88. The number of carbonyl (C=O) groups is 1. The molecule has 1 aliphatic carbocycles. The quantitative estimate of drug-likeness (QED) is 0.905. The number of aryl methyl sites for hydroxylation is 1. The molecule has 1 aromatic heterocycles. The normalized spacial score (nSPS) is 17.6. The van der Waals surface area contributed by atoms with Crippen molar-refractivity contribution in [3.05, 3.63) is 51.2 Å². The highest BCUT2D eigenvalue weighted by molar-refractivity contribution is 7.10. The standard InChI is InChI=1S/C16H18N2OS/c1-10-11(16(17)19)4-2-5-13(10)18-14-6-3-7-15-12(14)8-9-20-15/h2,4-5,8-9,14,18H,3,6-7H2,1H3,(H2,17,19). The number of carbonyl (C=O) groups excluding carboxylic acids is 1. The van der Waals surface area contributed by atoms with Gasteiger partial charge in [0.05, 0.1) is 6.04 Å². The lowest BCUT2D eigenvalue weighted by molar-refractivity contribution is 0.1000. The number of thiophene rings is 1. The summed E-state index contributed by atoms with van der Waals surface area (Å²) in [5.74, 6) is -0.369. The first-order valence-electron chi connectivity index (χ1n) is 6.89. The van der Waals surface area contributed by atoms with Gasteiger partial charge in [0.15, 0.2) is 0 Å². The van der Waals surface area contributed by atoms with Gasteiger partial charge in [0, 0.05) is 16.1 Å². The SMILES string of the molecule is Cc1c(NC2CCCc3sccc32)cccc1C(N)=O. The van der Waals surface area contributed by atoms with E-state index >= 15 is 0 Å². The highest BCUT2D eigenvalue weighted by Crippen LogP contribution is 2.36. The van der Waals surface area contributed by atoms with Gasteiger partial charge in [-0.3, -0.25) is 4.79 Å². The highest BCUT2D eigenvalue weighted by Gasteiger charge is 2.21. The number of anilines is 1. The van der Waals surface area contributed by atoms with E-state index in [1.54, 1.807) is 6.07 Å². The van der Waals surface area contributed by atoms with E-state index in [1.165, 1.54) is 23.3 Å². The number of amides is 1. The number of rotatable bonds is 3. The van der Waals surface area contributed by atoms with Crippen molar-refractivity contribution in [1.82, 2.24) is 0 Å². The van der Waals surface area contributed by atoms with Gasteiger partial charge in [0.2, 0.25) is 5.91 Å². The Labute approximate surface area is 122 Å². The molecule has 3 rings (SSSR count). The monoisotopic (exact) mass is 286 g/mol. The molecular formula is C16H18N2OS. The molecule has 1 atom stereocenters. The summed E-state index contributed by atoms with van der Waals surface area (Å²) in [7, 11) is 0. The Morgan fingerprint density at radius 3 is 3.05 bits per heavy atom. The molecule has 4 heteroatoms. The first-order chi connectivity index (χ1) is 9.66. The Kier molecular flexibility index (Phi) is 3.49. The van der Waals surface area contributed by atoms with Crippen molar-refractivity contribution in [3.8, 4) is 0 Å². The second-order valence-corrected chi connectivity index (χ2v) is 6.23. The molecular weight excluding hydrogens is 268 g/mol. The summed E-state index contributed by atoms with van der Waals surface area (Å²) < 4.78 is 0. The van der Waals surface area contributed by atoms with E-state index in [-0.39, 0.29) is 5.91 Å². The van der Waals surface area contributed by atoms with Gasteiger partial charge >= 0.3 is 0 Å². The van der Waals surface area contributed by atoms with Gasteiger partial charge in [-0.1, -0.05) is 6.07 Å². The van der Waals surface area contributed by atoms with Crippen molar-refractivity contribution >= 4 is 22.9 Å². The topological polar surface area (TPSA) is 55.1 Å². The number of hydrogen-bond donors (Lipinski definition) is 2. The molecule has 0 saturated heterocycles. The maximum absolute atomic E-state index is 11.4. The molecule has 0 fully saturated rings. The molecule has 0 bridgehead atoms. The molecule has 1 unspecified atom stereocenters. The van der Waals surface area contributed by atoms with E-state index in [0.717, 1.165) is 17.7 Å². The average Bonchev–Trinajstić information content (AvgIpc) is 2.90. The zero-order valence-electron chi connectivity index (χ0n) is 11.5. The minimum Gasteiger partial charge on any atom is -0.378 e. The molecule has 104 valence electrons. The molecule has 3 N–H and O–H groups in total. The van der Waals surface area contributed by atoms with Gasteiger partial charge in [0.25, 0.3) is 0 Å². The zero-order valence-corrected chi connectivity index (χ0v) is 12.3. The number of nitrogens with two attached hydrogens (primary N) is 1. The van der Waals surface area contributed by atoms with Gasteiger partial charge in [0.1, 0.15) is 0 Å². The Bertz CT molecular complexity index is 648. The van der Waals surface area contributed by atoms with Crippen molar-refractivity contribution in [2.45, 2.75) is 32.2 Å². The van der Waals surface area contributed by atoms with Crippen LogP contribution in [0.5, 0.6) is 0 Å². The van der Waals surface area contributed by atoms with E-state index in [1.807, 2.05) is 30.4 Å². The molecule has 1 aliphatic rings. The molecule has 0 aliphatic heterocycles. The van der Waals surface area contributed by atoms with E-state index in [0.29, 0.717) is 11.6 Å². The van der Waals surface area contributed by atoms with Gasteiger partial charge in [-0.25, -0.2) is 0 Å². The number of benzene rings is 1. The summed E-state index contributed by atoms with van der Waals surface area (Å²) >= 11 is 1.84. The Morgan fingerprint density at radius 2 is 2.25 bits per heavy atom. The van der Waals surface area contributed by atoms with Gasteiger partial charge in [-0.05, 0) is 60.9 Å². The summed E-state index contributed by atoms with van der Waals surface area (Å²) in [5.41, 5.74) is 9.35. The van der Waals surface area contributed by atoms with Gasteiger partial charge in [-0.15, -0.1) is 11.3 Å². The largest absolute Gasteiger partial charge is 0.378 e. The van der Waals surface area contributed by atoms with Crippen LogP contribution in [0.4, 0.5) is 5.69 Å². The zero-order chi connectivity index (χ0) is 14.1. The first kappa shape index (κ1) is 13.2. The number of fused-ring (bicyclic) bond motifs is 1. The maximum Gasteiger partial charge on any atom is 0.249 e. The number of hydrogen-bond acceptors (Lipinski definition) is 3. The predicted octanol–water partition coefficient (Wildman–Crippen LogP) is 3.64. The van der Waals surface area contributed by atoms with Crippen LogP contribution in [0.3, 0.4) is 0 Å². The Balaban J connectivity index is 1.90. The third kappa shape index (κ3) is 2.31. The molecule has 1 amide bonds. The lowest BCUT2D eigenvalue weighted by atomic mass is 9.93. The highest BCUT2D eigenvalue weighted by atomic mass is 32.1. The molecule has 0 radical (unpaired) electrons. The second kappa shape index (κ2) is 5.29. The van der Waals surface area contributed by atoms with Crippen molar-refractivity contribution in [2.24, 2.45) is 5.73 Å². The summed E-state index contributed by atoms with van der Waals surface area (Å²) in [6.45, 7) is 1.94. The summed E-state index contributed by atoms with van der Waals surface area (Å²) in [6.07, 6.45) is 3.52. The van der Waals surface area contributed by atoms with Gasteiger partial charge in [-0.2, -0.15) is 0 Å². The van der Waals surface area contributed by atoms with E-state index in [2.05, 4.69) is 16.8 Å². The smallest absolute Gasteiger partial charge is 0.249 e. The van der Waals surface area contributed by atoms with Crippen molar-refractivity contribution < 1.29 is 4.79 Å². The van der Waals surface area contributed by atoms with Crippen LogP contribution in [0.2, 0.25) is 0 Å². The summed E-state index contributed by atoms with van der Waals surface area (Å²) in [4.78, 5) is 12.9. The second-order valence-electron chi connectivity index (χ2n) is 5.23. The minimum absolute atomic E-state index is 0.340. The Hall–Kier alpha value is -1.81. The lowest BCUT2D eigenvalue weighted by Crippen LogP contribution is -2.18. The number of nitrogens with one attached hydrogen (secondary N) is 1. The fraction of sp³-hybridized carbons (Fsp3) is 0.312.